The number of amides is 2. The Morgan fingerprint density at radius 1 is 1.19 bits per heavy atom. The molecule has 0 saturated heterocycles. The van der Waals surface area contributed by atoms with Crippen LogP contribution in [0.2, 0.25) is 0 Å². The molecule has 7 heteroatoms. The zero-order valence-corrected chi connectivity index (χ0v) is 15.6. The molecule has 140 valence electrons. The third-order valence-electron chi connectivity index (χ3n) is 4.30. The number of rotatable bonds is 6. The lowest BCUT2D eigenvalue weighted by Gasteiger charge is -2.19. The van der Waals surface area contributed by atoms with Gasteiger partial charge in [0.1, 0.15) is 23.6 Å². The number of pyridine rings is 1. The van der Waals surface area contributed by atoms with Crippen molar-refractivity contribution in [1.29, 1.82) is 0 Å². The van der Waals surface area contributed by atoms with Crippen molar-refractivity contribution in [2.75, 3.05) is 25.5 Å². The first-order valence-corrected chi connectivity index (χ1v) is 8.70. The molecule has 7 nitrogen and oxygen atoms in total. The van der Waals surface area contributed by atoms with E-state index in [1.165, 1.54) is 12.0 Å². The lowest BCUT2D eigenvalue weighted by Crippen LogP contribution is -2.38. The number of nitrogens with one attached hydrogen (secondary N) is 1. The normalized spacial score (nSPS) is 10.6. The summed E-state index contributed by atoms with van der Waals surface area (Å²) in [5.41, 5.74) is 2.57. The van der Waals surface area contributed by atoms with E-state index in [-0.39, 0.29) is 18.4 Å². The first-order chi connectivity index (χ1) is 13.0. The highest BCUT2D eigenvalue weighted by Crippen LogP contribution is 2.22. The smallest absolute Gasteiger partial charge is 0.274 e. The van der Waals surface area contributed by atoms with Gasteiger partial charge in [-0.25, -0.2) is 4.98 Å². The number of aryl methyl sites for hydroxylation is 1. The molecule has 0 aliphatic heterocycles. The number of imidazole rings is 1. The van der Waals surface area contributed by atoms with Crippen LogP contribution >= 0.6 is 0 Å². The second-order valence-corrected chi connectivity index (χ2v) is 6.09. The number of anilines is 1. The van der Waals surface area contributed by atoms with E-state index in [1.54, 1.807) is 24.4 Å². The van der Waals surface area contributed by atoms with E-state index in [0.717, 1.165) is 5.69 Å². The minimum atomic E-state index is -0.297. The van der Waals surface area contributed by atoms with Gasteiger partial charge in [-0.3, -0.25) is 9.59 Å². The highest BCUT2D eigenvalue weighted by Gasteiger charge is 2.21. The molecule has 2 amide bonds. The van der Waals surface area contributed by atoms with Crippen molar-refractivity contribution in [2.24, 2.45) is 0 Å². The van der Waals surface area contributed by atoms with Crippen LogP contribution in [0.4, 0.5) is 5.69 Å². The topological polar surface area (TPSA) is 75.9 Å². The fraction of sp³-hybridized carbons (Fsp3) is 0.250. The van der Waals surface area contributed by atoms with Gasteiger partial charge in [0.25, 0.3) is 5.91 Å². The zero-order valence-electron chi connectivity index (χ0n) is 15.6. The highest BCUT2D eigenvalue weighted by molar-refractivity contribution is 5.99. The SMILES string of the molecule is CCN(CC(=O)Nc1ccccc1OC)C(=O)c1cn2c(C)cccc2n1. The van der Waals surface area contributed by atoms with Gasteiger partial charge in [-0.2, -0.15) is 0 Å². The number of benzene rings is 1. The van der Waals surface area contributed by atoms with Gasteiger partial charge in [-0.1, -0.05) is 18.2 Å². The quantitative estimate of drug-likeness (QED) is 0.728. The molecule has 3 rings (SSSR count). The summed E-state index contributed by atoms with van der Waals surface area (Å²) < 4.78 is 7.09. The Hall–Kier alpha value is -3.35. The summed E-state index contributed by atoms with van der Waals surface area (Å²) in [7, 11) is 1.54. The number of likely N-dealkylation sites (N-methyl/N-ethyl adjacent to an activating group) is 1. The van der Waals surface area contributed by atoms with Gasteiger partial charge in [-0.05, 0) is 38.1 Å². The zero-order chi connectivity index (χ0) is 19.4. The molecule has 1 aromatic carbocycles. The number of hydrogen-bond donors (Lipinski definition) is 1. The van der Waals surface area contributed by atoms with Crippen molar-refractivity contribution in [3.8, 4) is 5.75 Å². The van der Waals surface area contributed by atoms with E-state index in [1.807, 2.05) is 42.5 Å². The van der Waals surface area contributed by atoms with Crippen LogP contribution in [0.15, 0.2) is 48.7 Å². The first-order valence-electron chi connectivity index (χ1n) is 8.70. The van der Waals surface area contributed by atoms with Crippen LogP contribution in [0.5, 0.6) is 5.75 Å². The molecule has 27 heavy (non-hydrogen) atoms. The summed E-state index contributed by atoms with van der Waals surface area (Å²) in [6, 6.07) is 12.8. The number of para-hydroxylation sites is 2. The summed E-state index contributed by atoms with van der Waals surface area (Å²) >= 11 is 0. The average molecular weight is 366 g/mol. The maximum absolute atomic E-state index is 12.8. The van der Waals surface area contributed by atoms with Gasteiger partial charge in [0.15, 0.2) is 0 Å². The molecule has 0 fully saturated rings. The Bertz CT molecular complexity index is 980. The van der Waals surface area contributed by atoms with E-state index < -0.39 is 0 Å². The van der Waals surface area contributed by atoms with E-state index in [2.05, 4.69) is 10.3 Å². The molecule has 1 N–H and O–H groups in total. The van der Waals surface area contributed by atoms with Crippen LogP contribution in [0.1, 0.15) is 23.1 Å². The lowest BCUT2D eigenvalue weighted by atomic mass is 10.3. The molecule has 3 aromatic rings. The van der Waals surface area contributed by atoms with Gasteiger partial charge >= 0.3 is 0 Å². The summed E-state index contributed by atoms with van der Waals surface area (Å²) in [6.07, 6.45) is 1.70. The Labute approximate surface area is 157 Å². The summed E-state index contributed by atoms with van der Waals surface area (Å²) in [4.78, 5) is 31.1. The van der Waals surface area contributed by atoms with Gasteiger partial charge in [0.05, 0.1) is 12.8 Å². The van der Waals surface area contributed by atoms with Crippen molar-refractivity contribution in [2.45, 2.75) is 13.8 Å². The van der Waals surface area contributed by atoms with Crippen LogP contribution in [0.3, 0.4) is 0 Å². The van der Waals surface area contributed by atoms with E-state index in [9.17, 15) is 9.59 Å². The molecule has 0 atom stereocenters. The van der Waals surface area contributed by atoms with Gasteiger partial charge in [0, 0.05) is 18.4 Å². The van der Waals surface area contributed by atoms with Crippen LogP contribution in [0, 0.1) is 6.92 Å². The van der Waals surface area contributed by atoms with Crippen molar-refractivity contribution in [1.82, 2.24) is 14.3 Å². The van der Waals surface area contributed by atoms with Gasteiger partial charge in [0.2, 0.25) is 5.91 Å². The molecule has 0 bridgehead atoms. The molecular formula is C20H22N4O3. The minimum absolute atomic E-state index is 0.0692. The predicted molar refractivity (Wildman–Crippen MR) is 103 cm³/mol. The molecule has 0 aliphatic carbocycles. The van der Waals surface area contributed by atoms with Gasteiger partial charge < -0.3 is 19.4 Å². The molecule has 0 unspecified atom stereocenters. The molecular weight excluding hydrogens is 344 g/mol. The van der Waals surface area contributed by atoms with Crippen LogP contribution < -0.4 is 10.1 Å². The number of ether oxygens (including phenoxy) is 1. The Kier molecular flexibility index (Phi) is 5.40. The maximum atomic E-state index is 12.8. The Morgan fingerprint density at radius 3 is 2.67 bits per heavy atom. The Morgan fingerprint density at radius 2 is 1.96 bits per heavy atom. The maximum Gasteiger partial charge on any atom is 0.274 e. The van der Waals surface area contributed by atoms with E-state index in [0.29, 0.717) is 29.3 Å². The fourth-order valence-corrected chi connectivity index (χ4v) is 2.85. The number of aromatic nitrogens is 2. The monoisotopic (exact) mass is 366 g/mol. The highest BCUT2D eigenvalue weighted by atomic mass is 16.5. The van der Waals surface area contributed by atoms with E-state index >= 15 is 0 Å². The fourth-order valence-electron chi connectivity index (χ4n) is 2.85. The number of methoxy groups -OCH3 is 1. The van der Waals surface area contributed by atoms with Crippen LogP contribution in [-0.2, 0) is 4.79 Å². The van der Waals surface area contributed by atoms with Crippen LogP contribution in [-0.4, -0.2) is 46.3 Å². The summed E-state index contributed by atoms with van der Waals surface area (Å²) in [5.74, 6) is -0.0125. The summed E-state index contributed by atoms with van der Waals surface area (Å²) in [6.45, 7) is 4.10. The molecule has 0 aliphatic rings. The third-order valence-corrected chi connectivity index (χ3v) is 4.30. The number of fused-ring (bicyclic) bond motifs is 1. The minimum Gasteiger partial charge on any atom is -0.495 e. The lowest BCUT2D eigenvalue weighted by molar-refractivity contribution is -0.116. The number of carbonyl (C=O) groups is 2. The Balaban J connectivity index is 1.74. The van der Waals surface area contributed by atoms with Crippen LogP contribution in [0.25, 0.3) is 5.65 Å². The largest absolute Gasteiger partial charge is 0.495 e. The average Bonchev–Trinajstić information content (AvgIpc) is 3.12. The van der Waals surface area contributed by atoms with Crippen molar-refractivity contribution < 1.29 is 14.3 Å². The molecule has 0 spiro atoms. The predicted octanol–water partition coefficient (Wildman–Crippen LogP) is 2.75. The molecule has 2 heterocycles. The first kappa shape index (κ1) is 18.4. The molecule has 0 radical (unpaired) electrons. The number of nitrogens with zero attached hydrogens (tertiary/aromatic N) is 3. The number of carbonyl (C=O) groups excluding carboxylic acids is 2. The van der Waals surface area contributed by atoms with E-state index in [4.69, 9.17) is 4.74 Å². The second-order valence-electron chi connectivity index (χ2n) is 6.09. The number of hydrogen-bond acceptors (Lipinski definition) is 4. The van der Waals surface area contributed by atoms with Crippen molar-refractivity contribution >= 4 is 23.1 Å². The van der Waals surface area contributed by atoms with Crippen molar-refractivity contribution in [3.63, 3.8) is 0 Å². The van der Waals surface area contributed by atoms with Gasteiger partial charge in [-0.15, -0.1) is 0 Å². The second kappa shape index (κ2) is 7.90. The molecule has 2 aromatic heterocycles. The third kappa shape index (κ3) is 3.92. The standard InChI is InChI=1S/C20H22N4O3/c1-4-23(13-19(25)22-15-9-5-6-10-17(15)27-3)20(26)16-12-24-14(2)8-7-11-18(24)21-16/h5-12H,4,13H2,1-3H3,(H,22,25). The summed E-state index contributed by atoms with van der Waals surface area (Å²) in [5, 5.41) is 2.78. The molecule has 0 saturated carbocycles. The van der Waals surface area contributed by atoms with Crippen molar-refractivity contribution in [3.05, 3.63) is 60.0 Å².